The molecule has 0 saturated heterocycles. The summed E-state index contributed by atoms with van der Waals surface area (Å²) >= 11 is 6.59. The van der Waals surface area contributed by atoms with Gasteiger partial charge in [-0.05, 0) is 36.6 Å². The highest BCUT2D eigenvalue weighted by molar-refractivity contribution is 9.24. The maximum Gasteiger partial charge on any atom is 0.335 e. The third-order valence-electron chi connectivity index (χ3n) is 2.21. The molecule has 4 nitrogen and oxygen atoms in total. The maximum atomic E-state index is 11.0. The van der Waals surface area contributed by atoms with Crippen LogP contribution in [0.15, 0.2) is 18.2 Å². The molecule has 0 atom stereocenters. The van der Waals surface area contributed by atoms with E-state index in [4.69, 9.17) is 10.2 Å². The minimum Gasteiger partial charge on any atom is -0.478 e. The summed E-state index contributed by atoms with van der Waals surface area (Å²) in [6.07, 6.45) is 1.16. The van der Waals surface area contributed by atoms with Crippen LogP contribution in [0, 0.1) is 0 Å². The second kappa shape index (κ2) is 6.16. The molecule has 0 aliphatic carbocycles. The summed E-state index contributed by atoms with van der Waals surface area (Å²) in [6.45, 7) is 0. The Labute approximate surface area is 115 Å². The van der Waals surface area contributed by atoms with Crippen LogP contribution in [0.1, 0.15) is 32.7 Å². The van der Waals surface area contributed by atoms with Crippen molar-refractivity contribution in [3.63, 3.8) is 0 Å². The smallest absolute Gasteiger partial charge is 0.335 e. The second-order valence-electron chi connectivity index (χ2n) is 3.41. The Balaban J connectivity index is 3.07. The lowest BCUT2D eigenvalue weighted by atomic mass is 10.0. The van der Waals surface area contributed by atoms with Crippen LogP contribution in [0.5, 0.6) is 0 Å². The molecule has 0 amide bonds. The summed E-state index contributed by atoms with van der Waals surface area (Å²) in [7, 11) is 0. The number of aryl methyl sites for hydroxylation is 1. The lowest BCUT2D eigenvalue weighted by molar-refractivity contribution is 0.0680. The molecule has 0 aromatic heterocycles. The number of benzene rings is 1. The number of aromatic carboxylic acids is 2. The third kappa shape index (κ3) is 4.12. The Bertz CT molecular complexity index is 443. The van der Waals surface area contributed by atoms with E-state index in [0.29, 0.717) is 18.4 Å². The van der Waals surface area contributed by atoms with Crippen molar-refractivity contribution in [2.45, 2.75) is 16.6 Å². The van der Waals surface area contributed by atoms with Crippen molar-refractivity contribution in [1.82, 2.24) is 0 Å². The normalized spacial score (nSPS) is 10.5. The Morgan fingerprint density at radius 1 is 1.18 bits per heavy atom. The van der Waals surface area contributed by atoms with E-state index >= 15 is 0 Å². The van der Waals surface area contributed by atoms with Crippen molar-refractivity contribution in [3.05, 3.63) is 34.9 Å². The monoisotopic (exact) mass is 364 g/mol. The lowest BCUT2D eigenvalue weighted by Gasteiger charge is -2.08. The van der Waals surface area contributed by atoms with Crippen molar-refractivity contribution in [1.29, 1.82) is 0 Å². The number of alkyl halides is 2. The fraction of sp³-hybridized carbons (Fsp3) is 0.273. The Morgan fingerprint density at radius 3 is 2.29 bits per heavy atom. The van der Waals surface area contributed by atoms with E-state index in [1.165, 1.54) is 18.2 Å². The van der Waals surface area contributed by atoms with Gasteiger partial charge in [0.25, 0.3) is 0 Å². The predicted octanol–water partition coefficient (Wildman–Crippen LogP) is 3.13. The van der Waals surface area contributed by atoms with Crippen LogP contribution >= 0.6 is 31.9 Å². The molecule has 92 valence electrons. The summed E-state index contributed by atoms with van der Waals surface area (Å²) in [4.78, 5) is 21.8. The van der Waals surface area contributed by atoms with E-state index in [9.17, 15) is 9.59 Å². The summed E-state index contributed by atoms with van der Waals surface area (Å²) in [5, 5.41) is 17.8. The number of carboxylic acid groups (broad SMARTS) is 2. The van der Waals surface area contributed by atoms with Gasteiger partial charge < -0.3 is 10.2 Å². The quantitative estimate of drug-likeness (QED) is 0.786. The first kappa shape index (κ1) is 14.2. The summed E-state index contributed by atoms with van der Waals surface area (Å²) in [5.41, 5.74) is 0.780. The maximum absolute atomic E-state index is 11.0. The highest BCUT2D eigenvalue weighted by atomic mass is 79.9. The standard InChI is InChI=1S/C11H10Br2O4/c12-9(13)4-2-6-5-7(10(14)15)1-3-8(6)11(16)17/h1,3,5,9H,2,4H2,(H,14,15)(H,16,17). The topological polar surface area (TPSA) is 74.6 Å². The molecule has 0 aliphatic heterocycles. The van der Waals surface area contributed by atoms with E-state index in [-0.39, 0.29) is 14.9 Å². The van der Waals surface area contributed by atoms with Crippen molar-refractivity contribution < 1.29 is 19.8 Å². The van der Waals surface area contributed by atoms with Gasteiger partial charge in [0.2, 0.25) is 0 Å². The summed E-state index contributed by atoms with van der Waals surface area (Å²) < 4.78 is 0.0742. The molecule has 1 rings (SSSR count). The molecule has 0 unspecified atom stereocenters. The van der Waals surface area contributed by atoms with Crippen molar-refractivity contribution in [3.8, 4) is 0 Å². The number of hydrogen-bond acceptors (Lipinski definition) is 2. The van der Waals surface area contributed by atoms with E-state index in [1.807, 2.05) is 0 Å². The largest absolute Gasteiger partial charge is 0.478 e. The zero-order valence-corrected chi connectivity index (χ0v) is 11.9. The average molecular weight is 366 g/mol. The predicted molar refractivity (Wildman–Crippen MR) is 70.3 cm³/mol. The second-order valence-corrected chi connectivity index (χ2v) is 6.85. The van der Waals surface area contributed by atoms with Crippen LogP contribution < -0.4 is 0 Å². The van der Waals surface area contributed by atoms with Gasteiger partial charge in [0, 0.05) is 0 Å². The van der Waals surface area contributed by atoms with Gasteiger partial charge in [-0.3, -0.25) is 0 Å². The molecular weight excluding hydrogens is 356 g/mol. The van der Waals surface area contributed by atoms with Crippen LogP contribution in [-0.2, 0) is 6.42 Å². The van der Waals surface area contributed by atoms with Crippen molar-refractivity contribution >= 4 is 43.8 Å². The fourth-order valence-electron chi connectivity index (χ4n) is 1.41. The van der Waals surface area contributed by atoms with Crippen LogP contribution in [0.4, 0.5) is 0 Å². The minimum absolute atomic E-state index is 0.0742. The van der Waals surface area contributed by atoms with Gasteiger partial charge in [0.1, 0.15) is 0 Å². The number of halogens is 2. The molecule has 6 heteroatoms. The van der Waals surface area contributed by atoms with Crippen LogP contribution in [0.25, 0.3) is 0 Å². The fourth-order valence-corrected chi connectivity index (χ4v) is 1.86. The molecule has 0 heterocycles. The molecule has 0 aliphatic rings. The van der Waals surface area contributed by atoms with Gasteiger partial charge >= 0.3 is 11.9 Å². The first-order valence-corrected chi connectivity index (χ1v) is 6.62. The molecule has 0 spiro atoms. The van der Waals surface area contributed by atoms with Crippen molar-refractivity contribution in [2.75, 3.05) is 0 Å². The van der Waals surface area contributed by atoms with E-state index in [2.05, 4.69) is 31.9 Å². The van der Waals surface area contributed by atoms with Gasteiger partial charge in [-0.25, -0.2) is 9.59 Å². The van der Waals surface area contributed by atoms with Crippen LogP contribution in [0.2, 0.25) is 0 Å². The first-order chi connectivity index (χ1) is 7.91. The Kier molecular flexibility index (Phi) is 5.14. The molecule has 0 bridgehead atoms. The van der Waals surface area contributed by atoms with Gasteiger partial charge in [-0.15, -0.1) is 0 Å². The zero-order valence-electron chi connectivity index (χ0n) is 8.69. The number of carboxylic acids is 2. The number of hydrogen-bond donors (Lipinski definition) is 2. The van der Waals surface area contributed by atoms with E-state index in [1.54, 1.807) is 0 Å². The van der Waals surface area contributed by atoms with E-state index in [0.717, 1.165) is 0 Å². The van der Waals surface area contributed by atoms with Gasteiger partial charge in [0.05, 0.1) is 14.9 Å². The molecule has 0 radical (unpaired) electrons. The molecule has 2 N–H and O–H groups in total. The third-order valence-corrected chi connectivity index (χ3v) is 3.13. The molecule has 1 aromatic rings. The first-order valence-electron chi connectivity index (χ1n) is 4.79. The minimum atomic E-state index is -1.06. The highest BCUT2D eigenvalue weighted by Crippen LogP contribution is 2.20. The molecular formula is C11H10Br2O4. The molecule has 0 fully saturated rings. The average Bonchev–Trinajstić information content (AvgIpc) is 2.25. The van der Waals surface area contributed by atoms with Gasteiger partial charge in [-0.1, -0.05) is 31.9 Å². The van der Waals surface area contributed by atoms with Crippen LogP contribution in [-0.4, -0.2) is 25.9 Å². The summed E-state index contributed by atoms with van der Waals surface area (Å²) in [6, 6.07) is 4.04. The molecule has 0 saturated carbocycles. The molecule has 1 aromatic carbocycles. The lowest BCUT2D eigenvalue weighted by Crippen LogP contribution is -2.06. The molecule has 17 heavy (non-hydrogen) atoms. The summed E-state index contributed by atoms with van der Waals surface area (Å²) in [5.74, 6) is -2.10. The van der Waals surface area contributed by atoms with Crippen molar-refractivity contribution in [2.24, 2.45) is 0 Å². The Hall–Kier alpha value is -0.880. The van der Waals surface area contributed by atoms with E-state index < -0.39 is 11.9 Å². The SMILES string of the molecule is O=C(O)c1ccc(C(=O)O)c(CCC(Br)Br)c1. The zero-order chi connectivity index (χ0) is 13.0. The van der Waals surface area contributed by atoms with Crippen LogP contribution in [0.3, 0.4) is 0 Å². The number of carbonyl (C=O) groups is 2. The Morgan fingerprint density at radius 2 is 1.82 bits per heavy atom. The number of rotatable bonds is 5. The van der Waals surface area contributed by atoms with Gasteiger partial charge in [0.15, 0.2) is 0 Å². The highest BCUT2D eigenvalue weighted by Gasteiger charge is 2.13. The van der Waals surface area contributed by atoms with Gasteiger partial charge in [-0.2, -0.15) is 0 Å².